The lowest BCUT2D eigenvalue weighted by atomic mass is 9.82. The van der Waals surface area contributed by atoms with Gasteiger partial charge in [0.1, 0.15) is 49.0 Å². The van der Waals surface area contributed by atoms with E-state index in [-0.39, 0.29) is 43.7 Å². The second-order valence-corrected chi connectivity index (χ2v) is 19.3. The fraction of sp³-hybridized carbons (Fsp3) is 0.377. The van der Waals surface area contributed by atoms with Crippen molar-refractivity contribution in [2.24, 2.45) is 11.1 Å². The Morgan fingerprint density at radius 3 is 2.00 bits per heavy atom. The first-order chi connectivity index (χ1) is 36.4. The lowest BCUT2D eigenvalue weighted by Gasteiger charge is -2.41. The van der Waals surface area contributed by atoms with Crippen LogP contribution in [0.1, 0.15) is 70.3 Å². The van der Waals surface area contributed by atoms with Crippen molar-refractivity contribution in [2.45, 2.75) is 90.6 Å². The summed E-state index contributed by atoms with van der Waals surface area (Å²) in [5, 5.41) is 25.3. The number of aliphatic hydroxyl groups excluding tert-OH is 1. The van der Waals surface area contributed by atoms with E-state index in [1.165, 1.54) is 31.1 Å². The molecule has 3 heterocycles. The molecule has 410 valence electrons. The molecule has 10 amide bonds. The van der Waals surface area contributed by atoms with Crippen molar-refractivity contribution in [3.8, 4) is 11.1 Å². The van der Waals surface area contributed by atoms with Crippen molar-refractivity contribution in [2.75, 3.05) is 32.8 Å². The van der Waals surface area contributed by atoms with E-state index < -0.39 is 132 Å². The largest absolute Gasteiger partial charge is 0.387 e. The van der Waals surface area contributed by atoms with E-state index in [9.17, 15) is 57.4 Å². The van der Waals surface area contributed by atoms with Gasteiger partial charge >= 0.3 is 0 Å². The molecule has 5 unspecified atom stereocenters. The summed E-state index contributed by atoms with van der Waals surface area (Å²) in [6, 6.07) is 10.2. The quantitative estimate of drug-likeness (QED) is 0.0314. The van der Waals surface area contributed by atoms with Crippen LogP contribution >= 0.6 is 0 Å². The molecule has 24 heteroatoms. The number of rotatable bonds is 26. The highest BCUT2D eigenvalue weighted by Crippen LogP contribution is 2.41. The second kappa shape index (κ2) is 27.2. The van der Waals surface area contributed by atoms with E-state index in [1.807, 2.05) is 30.3 Å². The Hall–Kier alpha value is -8.67. The number of nitrogens with zero attached hydrogens (tertiary/aromatic N) is 4. The summed E-state index contributed by atoms with van der Waals surface area (Å²) in [7, 11) is 0. The van der Waals surface area contributed by atoms with Crippen LogP contribution in [-0.4, -0.2) is 140 Å². The lowest BCUT2D eigenvalue weighted by Crippen LogP contribution is -2.58. The molecule has 0 spiro atoms. The highest BCUT2D eigenvalue weighted by Gasteiger charge is 2.39. The maximum absolute atomic E-state index is 15.4. The van der Waals surface area contributed by atoms with E-state index in [0.717, 1.165) is 35.9 Å². The number of aliphatic hydroxyl groups is 1. The molecule has 1 aliphatic heterocycles. The number of imide groups is 1. The average molecular weight is 1070 g/mol. The van der Waals surface area contributed by atoms with Gasteiger partial charge in [0.05, 0.1) is 18.9 Å². The molecule has 0 radical (unpaired) electrons. The van der Waals surface area contributed by atoms with Gasteiger partial charge in [-0.15, -0.1) is 0 Å². The van der Waals surface area contributed by atoms with Crippen molar-refractivity contribution in [1.82, 2.24) is 51.3 Å². The topological polar surface area (TPSA) is 313 Å². The number of hydrogen-bond acceptors (Lipinski definition) is 12. The number of carbonyl (C=O) groups is 10. The molecule has 2 aromatic heterocycles. The van der Waals surface area contributed by atoms with E-state index >= 15 is 4.39 Å². The smallest absolute Gasteiger partial charge is 0.254 e. The van der Waals surface area contributed by atoms with Gasteiger partial charge in [0.25, 0.3) is 11.8 Å². The third-order valence-corrected chi connectivity index (χ3v) is 12.1. The molecule has 9 N–H and O–H groups in total. The molecule has 5 atom stereocenters. The van der Waals surface area contributed by atoms with Gasteiger partial charge < -0.3 is 52.2 Å². The summed E-state index contributed by atoms with van der Waals surface area (Å²) in [5.41, 5.74) is 6.66. The van der Waals surface area contributed by atoms with Gasteiger partial charge in [0.15, 0.2) is 0 Å². The molecule has 22 nitrogen and oxygen atoms in total. The van der Waals surface area contributed by atoms with Crippen LogP contribution in [0.3, 0.4) is 0 Å². The van der Waals surface area contributed by atoms with Gasteiger partial charge in [0, 0.05) is 73.7 Å². The maximum Gasteiger partial charge on any atom is 0.254 e. The second-order valence-electron chi connectivity index (χ2n) is 19.3. The maximum atomic E-state index is 15.4. The first-order valence-electron chi connectivity index (χ1n) is 24.5. The minimum Gasteiger partial charge on any atom is -0.387 e. The molecule has 2 aromatic carbocycles. The third-order valence-electron chi connectivity index (χ3n) is 12.1. The molecule has 5 rings (SSSR count). The van der Waals surface area contributed by atoms with Crippen LogP contribution in [0.25, 0.3) is 11.1 Å². The van der Waals surface area contributed by atoms with Crippen molar-refractivity contribution in [3.63, 3.8) is 0 Å². The van der Waals surface area contributed by atoms with Crippen LogP contribution in [0.4, 0.5) is 8.78 Å². The van der Waals surface area contributed by atoms with Crippen LogP contribution in [0.2, 0.25) is 0 Å². The summed E-state index contributed by atoms with van der Waals surface area (Å²) in [6.07, 6.45) is 5.35. The number of aromatic nitrogens is 2. The molecule has 1 aliphatic rings. The Kier molecular flexibility index (Phi) is 20.9. The van der Waals surface area contributed by atoms with Crippen LogP contribution in [0, 0.1) is 17.0 Å². The number of nitrogens with two attached hydrogens (primary N) is 1. The summed E-state index contributed by atoms with van der Waals surface area (Å²) in [6.45, 7) is 5.71. The van der Waals surface area contributed by atoms with E-state index in [1.54, 1.807) is 49.7 Å². The molecule has 0 bridgehead atoms. The molecule has 0 saturated carbocycles. The summed E-state index contributed by atoms with van der Waals surface area (Å²) in [4.78, 5) is 136. The van der Waals surface area contributed by atoms with Crippen LogP contribution in [-0.2, 0) is 60.9 Å². The van der Waals surface area contributed by atoms with Gasteiger partial charge in [-0.25, -0.2) is 8.78 Å². The Bertz CT molecular complexity index is 2840. The highest BCUT2D eigenvalue weighted by molar-refractivity contribution is 6.14. The molecular formula is C53H63F2N11O11. The Morgan fingerprint density at radius 2 is 1.36 bits per heavy atom. The molecule has 77 heavy (non-hydrogen) atoms. The van der Waals surface area contributed by atoms with E-state index in [2.05, 4.69) is 36.9 Å². The lowest BCUT2D eigenvalue weighted by molar-refractivity contribution is -0.141. The number of amides is 10. The predicted octanol–water partition coefficient (Wildman–Crippen LogP) is 0.429. The zero-order valence-corrected chi connectivity index (χ0v) is 43.1. The Labute approximate surface area is 442 Å². The van der Waals surface area contributed by atoms with Crippen LogP contribution < -0.4 is 37.6 Å². The number of primary amides is 1. The monoisotopic (exact) mass is 1070 g/mol. The van der Waals surface area contributed by atoms with Crippen LogP contribution in [0.15, 0.2) is 97.5 Å². The fourth-order valence-electron chi connectivity index (χ4n) is 8.36. The first-order valence-corrected chi connectivity index (χ1v) is 24.5. The number of carbonyl (C=O) groups excluding carboxylic acids is 10. The van der Waals surface area contributed by atoms with Crippen LogP contribution in [0.5, 0.6) is 0 Å². The van der Waals surface area contributed by atoms with E-state index in [4.69, 9.17) is 5.73 Å². The number of hydrogen-bond donors (Lipinski definition) is 8. The number of halogens is 2. The minimum atomic E-state index is -1.75. The third kappa shape index (κ3) is 17.2. The SMILES string of the molecule is CC(NC(=O)Cc1ccncc1)C(=O)NC(C)C(=O)NC(CC(N)=O)C(=O)NC(CCN(C(=O)CO)C(c1cc(-c2cc(F)ccc2F)cn1Cc1ccccc1)C(C)(C)C)C(=O)NCCNC(=O)CN1C(=O)C=CC1=O. The average Bonchev–Trinajstić information content (AvgIpc) is 3.93. The molecule has 0 fully saturated rings. The van der Waals surface area contributed by atoms with Gasteiger partial charge in [0.2, 0.25) is 47.3 Å². The first kappa shape index (κ1) is 59.2. The molecule has 4 aromatic rings. The van der Waals surface area contributed by atoms with Gasteiger partial charge in [-0.05, 0) is 73.2 Å². The van der Waals surface area contributed by atoms with Crippen molar-refractivity contribution in [1.29, 1.82) is 0 Å². The highest BCUT2D eigenvalue weighted by atomic mass is 19.1. The Balaban J connectivity index is 1.41. The zero-order chi connectivity index (χ0) is 56.6. The zero-order valence-electron chi connectivity index (χ0n) is 43.1. The molecule has 0 saturated heterocycles. The predicted molar refractivity (Wildman–Crippen MR) is 274 cm³/mol. The Morgan fingerprint density at radius 1 is 0.740 bits per heavy atom. The summed E-state index contributed by atoms with van der Waals surface area (Å²) >= 11 is 0. The fourth-order valence-corrected chi connectivity index (χ4v) is 8.36. The summed E-state index contributed by atoms with van der Waals surface area (Å²) in [5.74, 6) is -9.66. The van der Waals surface area contributed by atoms with Crippen molar-refractivity contribution in [3.05, 3.63) is 126 Å². The van der Waals surface area contributed by atoms with Gasteiger partial charge in [-0.2, -0.15) is 0 Å². The van der Waals surface area contributed by atoms with Gasteiger partial charge in [-0.1, -0.05) is 51.1 Å². The van der Waals surface area contributed by atoms with Gasteiger partial charge in [-0.3, -0.25) is 57.8 Å². The van der Waals surface area contributed by atoms with Crippen molar-refractivity contribution < 1.29 is 61.8 Å². The molecular weight excluding hydrogens is 1000 g/mol. The number of benzene rings is 2. The molecule has 0 aliphatic carbocycles. The van der Waals surface area contributed by atoms with Crippen molar-refractivity contribution >= 4 is 59.1 Å². The number of nitrogens with one attached hydrogen (secondary N) is 6. The summed E-state index contributed by atoms with van der Waals surface area (Å²) < 4.78 is 31.8. The number of pyridine rings is 1. The standard InChI is InChI=1S/C53H63F2N11O11/c1-31(60-43(69)23-33-15-18-57-19-16-33)49(74)61-32(2)50(75)63-40(26-42(56)68)52(77)62-39(51(76)59-21-20-58-44(70)29-66-45(71)13-14-46(66)72)17-22-65(47(73)30-67)48(53(3,4)5)41-24-35(37-25-36(54)11-12-38(37)55)28-64(41)27-34-9-7-6-8-10-34/h6-16,18-19,24-25,28,31-32,39-40,48,67H,17,20-23,26-27,29-30H2,1-5H3,(H2,56,68)(H,58,70)(H,59,76)(H,60,69)(H,61,74)(H,62,77)(H,63,75). The normalized spacial score (nSPS) is 14.1. The minimum absolute atomic E-state index is 0.0595. The van der Waals surface area contributed by atoms with E-state index in [0.29, 0.717) is 16.2 Å².